The molecule has 0 radical (unpaired) electrons. The largest absolute Gasteiger partial charge is 0.497 e. The van der Waals surface area contributed by atoms with E-state index in [1.165, 1.54) is 31.2 Å². The number of benzene rings is 1. The van der Waals surface area contributed by atoms with Crippen molar-refractivity contribution in [2.75, 3.05) is 27.3 Å². The first-order valence-electron chi connectivity index (χ1n) is 7.92. The molecule has 1 atom stereocenters. The van der Waals surface area contributed by atoms with Crippen molar-refractivity contribution in [1.82, 2.24) is 4.90 Å². The lowest BCUT2D eigenvalue weighted by molar-refractivity contribution is 0.187. The number of ether oxygens (including phenoxy) is 2. The van der Waals surface area contributed by atoms with Crippen LogP contribution in [0.15, 0.2) is 18.2 Å². The van der Waals surface area contributed by atoms with E-state index in [0.717, 1.165) is 18.0 Å². The van der Waals surface area contributed by atoms with Gasteiger partial charge in [0.2, 0.25) is 0 Å². The first kappa shape index (κ1) is 16.1. The van der Waals surface area contributed by atoms with Gasteiger partial charge in [0.1, 0.15) is 11.5 Å². The lowest BCUT2D eigenvalue weighted by Crippen LogP contribution is -2.36. The zero-order valence-electron chi connectivity index (χ0n) is 13.5. The summed E-state index contributed by atoms with van der Waals surface area (Å²) in [6, 6.07) is 7.02. The van der Waals surface area contributed by atoms with Gasteiger partial charge in [-0.05, 0) is 43.5 Å². The van der Waals surface area contributed by atoms with Crippen LogP contribution in [0.2, 0.25) is 0 Å². The van der Waals surface area contributed by atoms with E-state index in [9.17, 15) is 0 Å². The summed E-state index contributed by atoms with van der Waals surface area (Å²) in [7, 11) is 3.37. The van der Waals surface area contributed by atoms with Gasteiger partial charge >= 0.3 is 0 Å². The lowest BCUT2D eigenvalue weighted by atomic mass is 10.0. The number of methoxy groups -OCH3 is 2. The van der Waals surface area contributed by atoms with Crippen molar-refractivity contribution in [2.24, 2.45) is 5.73 Å². The summed E-state index contributed by atoms with van der Waals surface area (Å²) in [6.07, 6.45) is 5.01. The minimum absolute atomic E-state index is 0.244. The molecule has 2 N–H and O–H groups in total. The van der Waals surface area contributed by atoms with Gasteiger partial charge in [-0.2, -0.15) is 0 Å². The van der Waals surface area contributed by atoms with Crippen LogP contribution in [0, 0.1) is 0 Å². The molecule has 1 fully saturated rings. The van der Waals surface area contributed by atoms with E-state index in [-0.39, 0.29) is 6.04 Å². The molecule has 1 aliphatic carbocycles. The second-order valence-electron chi connectivity index (χ2n) is 5.72. The van der Waals surface area contributed by atoms with Gasteiger partial charge in [-0.3, -0.25) is 4.90 Å². The Morgan fingerprint density at radius 1 is 1.19 bits per heavy atom. The topological polar surface area (TPSA) is 47.7 Å². The molecule has 0 aromatic heterocycles. The normalized spacial score (nSPS) is 16.0. The molecule has 4 heteroatoms. The number of rotatable bonds is 9. The van der Waals surface area contributed by atoms with Gasteiger partial charge in [-0.1, -0.05) is 13.3 Å². The molecule has 0 aliphatic heterocycles. The van der Waals surface area contributed by atoms with Crippen LogP contribution in [0.5, 0.6) is 11.5 Å². The third-order valence-electron chi connectivity index (χ3n) is 4.17. The Bertz CT molecular complexity index is 424. The molecular weight excluding hydrogens is 264 g/mol. The highest BCUT2D eigenvalue weighted by Gasteiger charge is 2.33. The fraction of sp³-hybridized carbons (Fsp3) is 0.647. The van der Waals surface area contributed by atoms with Crippen LogP contribution in [-0.4, -0.2) is 38.3 Å². The van der Waals surface area contributed by atoms with Crippen LogP contribution >= 0.6 is 0 Å². The molecule has 2 rings (SSSR count). The predicted octanol–water partition coefficient (Wildman–Crippen LogP) is 2.97. The quantitative estimate of drug-likeness (QED) is 0.760. The van der Waals surface area contributed by atoms with Gasteiger partial charge in [0.25, 0.3) is 0 Å². The van der Waals surface area contributed by atoms with E-state index in [0.29, 0.717) is 12.6 Å². The zero-order chi connectivity index (χ0) is 15.2. The van der Waals surface area contributed by atoms with Gasteiger partial charge < -0.3 is 15.2 Å². The fourth-order valence-electron chi connectivity index (χ4n) is 2.82. The summed E-state index contributed by atoms with van der Waals surface area (Å²) in [5.74, 6) is 1.66. The summed E-state index contributed by atoms with van der Waals surface area (Å²) in [5, 5.41) is 0. The average molecular weight is 292 g/mol. The van der Waals surface area contributed by atoms with E-state index in [4.69, 9.17) is 15.2 Å². The van der Waals surface area contributed by atoms with Crippen molar-refractivity contribution in [3.05, 3.63) is 23.8 Å². The Balaban J connectivity index is 2.25. The van der Waals surface area contributed by atoms with Crippen LogP contribution in [0.25, 0.3) is 0 Å². The Morgan fingerprint density at radius 2 is 1.81 bits per heavy atom. The summed E-state index contributed by atoms with van der Waals surface area (Å²) >= 11 is 0. The monoisotopic (exact) mass is 292 g/mol. The maximum absolute atomic E-state index is 6.10. The number of hydrogen-bond acceptors (Lipinski definition) is 4. The number of nitrogens with two attached hydrogens (primary N) is 1. The summed E-state index contributed by atoms with van der Waals surface area (Å²) in [4.78, 5) is 2.57. The maximum Gasteiger partial charge on any atom is 0.122 e. The lowest BCUT2D eigenvalue weighted by Gasteiger charge is -2.31. The molecule has 1 aromatic rings. The summed E-state index contributed by atoms with van der Waals surface area (Å²) in [6.45, 7) is 3.97. The summed E-state index contributed by atoms with van der Waals surface area (Å²) < 4.78 is 10.8. The van der Waals surface area contributed by atoms with Gasteiger partial charge in [0.15, 0.2) is 0 Å². The molecule has 1 aromatic carbocycles. The van der Waals surface area contributed by atoms with Crippen LogP contribution in [0.1, 0.15) is 44.2 Å². The molecule has 0 heterocycles. The number of hydrogen-bond donors (Lipinski definition) is 1. The van der Waals surface area contributed by atoms with Gasteiger partial charge in [-0.15, -0.1) is 0 Å². The Labute approximate surface area is 128 Å². The van der Waals surface area contributed by atoms with E-state index in [1.54, 1.807) is 14.2 Å². The number of nitrogens with zero attached hydrogens (tertiary/aromatic N) is 1. The molecule has 4 nitrogen and oxygen atoms in total. The van der Waals surface area contributed by atoms with E-state index in [1.807, 2.05) is 6.07 Å². The molecule has 1 saturated carbocycles. The second kappa shape index (κ2) is 7.66. The highest BCUT2D eigenvalue weighted by molar-refractivity contribution is 5.40. The van der Waals surface area contributed by atoms with Crippen LogP contribution < -0.4 is 15.2 Å². The predicted molar refractivity (Wildman–Crippen MR) is 86.0 cm³/mol. The Kier molecular flexibility index (Phi) is 5.88. The zero-order valence-corrected chi connectivity index (χ0v) is 13.5. The van der Waals surface area contributed by atoms with Gasteiger partial charge in [0, 0.05) is 24.7 Å². The first-order chi connectivity index (χ1) is 10.2. The van der Waals surface area contributed by atoms with Crippen LogP contribution in [-0.2, 0) is 0 Å². The standard InChI is InChI=1S/C17H28N2O2/c1-4-5-8-19(14-6-7-14)17(12-18)13-9-15(20-2)11-16(10-13)21-3/h9-11,14,17H,4-8,12,18H2,1-3H3. The first-order valence-corrected chi connectivity index (χ1v) is 7.92. The maximum atomic E-state index is 6.10. The van der Waals surface area contributed by atoms with Crippen molar-refractivity contribution in [1.29, 1.82) is 0 Å². The Hall–Kier alpha value is -1.26. The second-order valence-corrected chi connectivity index (χ2v) is 5.72. The smallest absolute Gasteiger partial charge is 0.122 e. The van der Waals surface area contributed by atoms with Crippen molar-refractivity contribution in [3.63, 3.8) is 0 Å². The SMILES string of the molecule is CCCCN(C1CC1)C(CN)c1cc(OC)cc(OC)c1. The summed E-state index contributed by atoms with van der Waals surface area (Å²) in [5.41, 5.74) is 7.29. The Morgan fingerprint density at radius 3 is 2.24 bits per heavy atom. The fourth-order valence-corrected chi connectivity index (χ4v) is 2.82. The van der Waals surface area contributed by atoms with Crippen molar-refractivity contribution in [3.8, 4) is 11.5 Å². The highest BCUT2D eigenvalue weighted by Crippen LogP contribution is 2.36. The van der Waals surface area contributed by atoms with Gasteiger partial charge in [0.05, 0.1) is 14.2 Å². The molecular formula is C17H28N2O2. The third kappa shape index (κ3) is 4.11. The van der Waals surface area contributed by atoms with Gasteiger partial charge in [-0.25, -0.2) is 0 Å². The van der Waals surface area contributed by atoms with Crippen molar-refractivity contribution >= 4 is 0 Å². The average Bonchev–Trinajstić information content (AvgIpc) is 3.35. The molecule has 21 heavy (non-hydrogen) atoms. The molecule has 0 bridgehead atoms. The highest BCUT2D eigenvalue weighted by atomic mass is 16.5. The minimum Gasteiger partial charge on any atom is -0.497 e. The molecule has 0 spiro atoms. The van der Waals surface area contributed by atoms with Crippen molar-refractivity contribution < 1.29 is 9.47 Å². The molecule has 1 unspecified atom stereocenters. The molecule has 118 valence electrons. The third-order valence-corrected chi connectivity index (χ3v) is 4.17. The van der Waals surface area contributed by atoms with E-state index < -0.39 is 0 Å². The van der Waals surface area contributed by atoms with Crippen LogP contribution in [0.3, 0.4) is 0 Å². The van der Waals surface area contributed by atoms with Crippen LogP contribution in [0.4, 0.5) is 0 Å². The molecule has 0 amide bonds. The van der Waals surface area contributed by atoms with E-state index in [2.05, 4.69) is 24.0 Å². The number of unbranched alkanes of at least 4 members (excludes halogenated alkanes) is 1. The minimum atomic E-state index is 0.244. The van der Waals surface area contributed by atoms with E-state index >= 15 is 0 Å². The molecule has 0 saturated heterocycles. The van der Waals surface area contributed by atoms with Crippen molar-refractivity contribution in [2.45, 2.75) is 44.7 Å². The molecule has 1 aliphatic rings.